The number of carbonyl (C=O) groups is 1. The average molecular weight is 393 g/mol. The standard InChI is InChI=1S/C18H23N3O5S/c1-12-17(13(2)26-19-12)27(23,24)20-14-8-10-21(11-9-14)18(22)15-6-4-5-7-16(15)25-3/h4-7,14,20H,8-11H2,1-3H3. The first-order valence-corrected chi connectivity index (χ1v) is 10.2. The van der Waals surface area contributed by atoms with Crippen molar-refractivity contribution in [3.8, 4) is 5.75 Å². The van der Waals surface area contributed by atoms with Crippen molar-refractivity contribution in [2.24, 2.45) is 0 Å². The number of piperidine rings is 1. The van der Waals surface area contributed by atoms with Crippen molar-refractivity contribution in [1.82, 2.24) is 14.8 Å². The third kappa shape index (κ3) is 3.98. The maximum atomic E-state index is 12.7. The summed E-state index contributed by atoms with van der Waals surface area (Å²) in [6, 6.07) is 6.84. The Bertz CT molecular complexity index is 911. The zero-order valence-corrected chi connectivity index (χ0v) is 16.4. The van der Waals surface area contributed by atoms with Crippen LogP contribution in [0.25, 0.3) is 0 Å². The van der Waals surface area contributed by atoms with E-state index in [1.807, 2.05) is 6.07 Å². The lowest BCUT2D eigenvalue weighted by atomic mass is 10.0. The van der Waals surface area contributed by atoms with E-state index in [9.17, 15) is 13.2 Å². The lowest BCUT2D eigenvalue weighted by molar-refractivity contribution is 0.0708. The fourth-order valence-corrected chi connectivity index (χ4v) is 4.96. The van der Waals surface area contributed by atoms with Crippen molar-refractivity contribution in [3.63, 3.8) is 0 Å². The second kappa shape index (κ2) is 7.69. The number of likely N-dealkylation sites (tertiary alicyclic amines) is 1. The number of nitrogens with one attached hydrogen (secondary N) is 1. The van der Waals surface area contributed by atoms with Gasteiger partial charge in [0, 0.05) is 19.1 Å². The van der Waals surface area contributed by atoms with Crippen molar-refractivity contribution in [3.05, 3.63) is 41.3 Å². The number of amides is 1. The van der Waals surface area contributed by atoms with Crippen molar-refractivity contribution in [2.75, 3.05) is 20.2 Å². The van der Waals surface area contributed by atoms with Gasteiger partial charge in [-0.25, -0.2) is 13.1 Å². The molecule has 2 aromatic rings. The minimum absolute atomic E-state index is 0.0926. The molecule has 9 heteroatoms. The molecule has 0 spiro atoms. The molecule has 1 saturated heterocycles. The second-order valence-electron chi connectivity index (χ2n) is 6.54. The molecule has 2 heterocycles. The van der Waals surface area contributed by atoms with E-state index in [0.29, 0.717) is 42.9 Å². The zero-order valence-electron chi connectivity index (χ0n) is 15.6. The number of hydrogen-bond acceptors (Lipinski definition) is 6. The molecular formula is C18H23N3O5S. The van der Waals surface area contributed by atoms with Gasteiger partial charge in [0.2, 0.25) is 10.0 Å². The number of ether oxygens (including phenoxy) is 1. The van der Waals surface area contributed by atoms with E-state index in [2.05, 4.69) is 9.88 Å². The van der Waals surface area contributed by atoms with Crippen LogP contribution in [0.15, 0.2) is 33.7 Å². The van der Waals surface area contributed by atoms with E-state index in [4.69, 9.17) is 9.26 Å². The Hall–Kier alpha value is -2.39. The number of hydrogen-bond donors (Lipinski definition) is 1. The van der Waals surface area contributed by atoms with Crippen LogP contribution in [0, 0.1) is 13.8 Å². The Morgan fingerprint density at radius 3 is 2.52 bits per heavy atom. The van der Waals surface area contributed by atoms with Gasteiger partial charge in [-0.05, 0) is 38.8 Å². The minimum atomic E-state index is -3.71. The Morgan fingerprint density at radius 2 is 1.93 bits per heavy atom. The Balaban J connectivity index is 1.65. The van der Waals surface area contributed by atoms with Crippen molar-refractivity contribution in [1.29, 1.82) is 0 Å². The van der Waals surface area contributed by atoms with Gasteiger partial charge in [-0.2, -0.15) is 0 Å². The molecule has 1 aromatic heterocycles. The third-order valence-electron chi connectivity index (χ3n) is 4.68. The number of methoxy groups -OCH3 is 1. The summed E-state index contributed by atoms with van der Waals surface area (Å²) in [5.41, 5.74) is 0.846. The molecular weight excluding hydrogens is 370 g/mol. The molecule has 1 amide bonds. The molecule has 0 atom stereocenters. The van der Waals surface area contributed by atoms with E-state index >= 15 is 0 Å². The Morgan fingerprint density at radius 1 is 1.26 bits per heavy atom. The lowest BCUT2D eigenvalue weighted by Gasteiger charge is -2.32. The summed E-state index contributed by atoms with van der Waals surface area (Å²) in [7, 11) is -2.18. The van der Waals surface area contributed by atoms with E-state index in [-0.39, 0.29) is 22.6 Å². The van der Waals surface area contributed by atoms with Gasteiger partial charge in [0.15, 0.2) is 5.76 Å². The highest BCUT2D eigenvalue weighted by molar-refractivity contribution is 7.89. The number of para-hydroxylation sites is 1. The molecule has 146 valence electrons. The predicted octanol–water partition coefficient (Wildman–Crippen LogP) is 1.88. The Labute approximate surface area is 158 Å². The third-order valence-corrected chi connectivity index (χ3v) is 6.44. The summed E-state index contributed by atoms with van der Waals surface area (Å²) in [5, 5.41) is 3.70. The SMILES string of the molecule is COc1ccccc1C(=O)N1CCC(NS(=O)(=O)c2c(C)noc2C)CC1. The molecule has 27 heavy (non-hydrogen) atoms. The summed E-state index contributed by atoms with van der Waals surface area (Å²) < 4.78 is 38.2. The summed E-state index contributed by atoms with van der Waals surface area (Å²) in [4.78, 5) is 14.5. The summed E-state index contributed by atoms with van der Waals surface area (Å²) in [6.07, 6.45) is 1.06. The fraction of sp³-hybridized carbons (Fsp3) is 0.444. The highest BCUT2D eigenvalue weighted by atomic mass is 32.2. The van der Waals surface area contributed by atoms with Crippen molar-refractivity contribution in [2.45, 2.75) is 37.6 Å². The highest BCUT2D eigenvalue weighted by Gasteiger charge is 2.30. The maximum absolute atomic E-state index is 12.7. The molecule has 1 aromatic carbocycles. The maximum Gasteiger partial charge on any atom is 0.257 e. The minimum Gasteiger partial charge on any atom is -0.496 e. The molecule has 0 unspecified atom stereocenters. The van der Waals surface area contributed by atoms with Crippen LogP contribution in [-0.4, -0.2) is 50.6 Å². The first-order valence-electron chi connectivity index (χ1n) is 8.71. The molecule has 1 aliphatic rings. The fourth-order valence-electron chi connectivity index (χ4n) is 3.33. The number of nitrogens with zero attached hydrogens (tertiary/aromatic N) is 2. The van der Waals surface area contributed by atoms with E-state index < -0.39 is 10.0 Å². The van der Waals surface area contributed by atoms with Crippen LogP contribution in [0.4, 0.5) is 0 Å². The zero-order chi connectivity index (χ0) is 19.6. The summed E-state index contributed by atoms with van der Waals surface area (Å²) >= 11 is 0. The lowest BCUT2D eigenvalue weighted by Crippen LogP contribution is -2.46. The van der Waals surface area contributed by atoms with E-state index in [0.717, 1.165) is 0 Å². The summed E-state index contributed by atoms with van der Waals surface area (Å²) in [5.74, 6) is 0.687. The molecule has 0 radical (unpaired) electrons. The number of sulfonamides is 1. The van der Waals surface area contributed by atoms with Crippen molar-refractivity contribution < 1.29 is 22.5 Å². The molecule has 1 aliphatic heterocycles. The van der Waals surface area contributed by atoms with Crippen LogP contribution in [0.2, 0.25) is 0 Å². The van der Waals surface area contributed by atoms with Crippen LogP contribution in [-0.2, 0) is 10.0 Å². The number of aryl methyl sites for hydroxylation is 2. The number of benzene rings is 1. The number of aromatic nitrogens is 1. The van der Waals surface area contributed by atoms with Gasteiger partial charge in [-0.3, -0.25) is 4.79 Å². The van der Waals surface area contributed by atoms with Crippen LogP contribution in [0.3, 0.4) is 0 Å². The molecule has 1 fully saturated rings. The van der Waals surface area contributed by atoms with E-state index in [1.54, 1.807) is 36.9 Å². The van der Waals surface area contributed by atoms with Gasteiger partial charge in [0.05, 0.1) is 12.7 Å². The normalized spacial score (nSPS) is 15.7. The molecule has 1 N–H and O–H groups in total. The quantitative estimate of drug-likeness (QED) is 0.832. The van der Waals surface area contributed by atoms with Crippen LogP contribution in [0.1, 0.15) is 34.7 Å². The predicted molar refractivity (Wildman–Crippen MR) is 98.2 cm³/mol. The van der Waals surface area contributed by atoms with Gasteiger partial charge in [-0.15, -0.1) is 0 Å². The summed E-state index contributed by atoms with van der Waals surface area (Å²) in [6.45, 7) is 4.10. The number of rotatable bonds is 5. The topological polar surface area (TPSA) is 102 Å². The monoisotopic (exact) mass is 393 g/mol. The van der Waals surface area contributed by atoms with Gasteiger partial charge in [0.25, 0.3) is 5.91 Å². The Kier molecular flexibility index (Phi) is 5.52. The smallest absolute Gasteiger partial charge is 0.257 e. The van der Waals surface area contributed by atoms with Gasteiger partial charge < -0.3 is 14.2 Å². The van der Waals surface area contributed by atoms with Crippen LogP contribution >= 0.6 is 0 Å². The molecule has 0 saturated carbocycles. The molecule has 3 rings (SSSR count). The van der Waals surface area contributed by atoms with Crippen LogP contribution in [0.5, 0.6) is 5.75 Å². The van der Waals surface area contributed by atoms with Gasteiger partial charge in [-0.1, -0.05) is 17.3 Å². The van der Waals surface area contributed by atoms with Gasteiger partial charge in [0.1, 0.15) is 16.3 Å². The highest BCUT2D eigenvalue weighted by Crippen LogP contribution is 2.23. The first kappa shape index (κ1) is 19.4. The number of carbonyl (C=O) groups excluding carboxylic acids is 1. The van der Waals surface area contributed by atoms with Crippen molar-refractivity contribution >= 4 is 15.9 Å². The molecule has 0 aliphatic carbocycles. The van der Waals surface area contributed by atoms with Crippen LogP contribution < -0.4 is 9.46 Å². The molecule has 8 nitrogen and oxygen atoms in total. The second-order valence-corrected chi connectivity index (χ2v) is 8.19. The first-order chi connectivity index (χ1) is 12.8. The largest absolute Gasteiger partial charge is 0.496 e. The average Bonchev–Trinajstić information content (AvgIpc) is 3.00. The van der Waals surface area contributed by atoms with Gasteiger partial charge >= 0.3 is 0 Å². The molecule has 0 bridgehead atoms. The van der Waals surface area contributed by atoms with E-state index in [1.165, 1.54) is 7.11 Å².